The summed E-state index contributed by atoms with van der Waals surface area (Å²) in [5.74, 6) is -1.46. The molecule has 2 atom stereocenters. The molecule has 0 heterocycles. The number of nitro benzene ring substituents is 1. The van der Waals surface area contributed by atoms with Gasteiger partial charge in [-0.15, -0.1) is 0 Å². The van der Waals surface area contributed by atoms with Crippen molar-refractivity contribution in [2.45, 2.75) is 48.7 Å². The number of nitrogens with two attached hydrogens (primary N) is 1. The fourth-order valence-corrected chi connectivity index (χ4v) is 6.12. The Bertz CT molecular complexity index is 1490. The number of rotatable bonds is 8. The van der Waals surface area contributed by atoms with Gasteiger partial charge < -0.3 is 5.73 Å². The topological polar surface area (TPSA) is 132 Å². The number of alkyl halides is 3. The Labute approximate surface area is 216 Å². The second-order valence-electron chi connectivity index (χ2n) is 9.09. The number of nitrogens with one attached hydrogen (secondary N) is 1. The molecule has 1 amide bonds. The predicted molar refractivity (Wildman–Crippen MR) is 133 cm³/mol. The van der Waals surface area contributed by atoms with Gasteiger partial charge in [-0.1, -0.05) is 42.5 Å². The second kappa shape index (κ2) is 10.5. The molecule has 0 bridgehead atoms. The number of benzene rings is 3. The number of sulfonamides is 1. The number of nitro groups is 1. The Balaban J connectivity index is 1.74. The van der Waals surface area contributed by atoms with E-state index in [4.69, 9.17) is 5.73 Å². The lowest BCUT2D eigenvalue weighted by molar-refractivity contribution is -0.384. The van der Waals surface area contributed by atoms with E-state index in [-0.39, 0.29) is 16.8 Å². The number of primary amides is 1. The number of halogens is 3. The van der Waals surface area contributed by atoms with Crippen LogP contribution in [-0.2, 0) is 27.4 Å². The third-order valence-corrected chi connectivity index (χ3v) is 8.04. The highest BCUT2D eigenvalue weighted by molar-refractivity contribution is 7.89. The standard InChI is InChI=1S/C26H24F3N3O5S/c27-26(28,29)23-14-19(11-12-22(23)21-10-4-6-16-5-1-2-9-20(16)21)38(36,37)31-24(15-25(30)33)17-7-3-8-18(13-17)32(34)35/h1-3,5,7-9,11-14,21,24,31H,4,6,10,15H2,(H2,30,33). The number of carbonyl (C=O) groups excluding carboxylic acids is 1. The Kier molecular flexibility index (Phi) is 7.56. The zero-order valence-electron chi connectivity index (χ0n) is 19.9. The van der Waals surface area contributed by atoms with E-state index in [1.54, 1.807) is 12.1 Å². The van der Waals surface area contributed by atoms with Gasteiger partial charge in [-0.05, 0) is 53.6 Å². The molecule has 1 aliphatic carbocycles. The molecule has 3 aromatic rings. The van der Waals surface area contributed by atoms with Crippen molar-refractivity contribution in [3.05, 3.63) is 105 Å². The maximum absolute atomic E-state index is 14.2. The lowest BCUT2D eigenvalue weighted by atomic mass is 9.77. The van der Waals surface area contributed by atoms with Crippen LogP contribution in [0.15, 0.2) is 71.6 Å². The molecule has 3 N–H and O–H groups in total. The summed E-state index contributed by atoms with van der Waals surface area (Å²) in [7, 11) is -4.60. The third-order valence-electron chi connectivity index (χ3n) is 6.57. The smallest absolute Gasteiger partial charge is 0.370 e. The van der Waals surface area contributed by atoms with Crippen LogP contribution >= 0.6 is 0 Å². The highest BCUT2D eigenvalue weighted by Crippen LogP contribution is 2.43. The fraction of sp³-hybridized carbons (Fsp3) is 0.269. The van der Waals surface area contributed by atoms with Gasteiger partial charge in [0, 0.05) is 24.5 Å². The quantitative estimate of drug-likeness (QED) is 0.303. The summed E-state index contributed by atoms with van der Waals surface area (Å²) < 4.78 is 71.3. The van der Waals surface area contributed by atoms with Crippen molar-refractivity contribution in [3.8, 4) is 0 Å². The molecule has 12 heteroatoms. The fourth-order valence-electron chi connectivity index (χ4n) is 4.87. The van der Waals surface area contributed by atoms with Gasteiger partial charge in [0.1, 0.15) is 0 Å². The Morgan fingerprint density at radius 2 is 1.82 bits per heavy atom. The van der Waals surface area contributed by atoms with Crippen molar-refractivity contribution in [1.29, 1.82) is 0 Å². The number of nitrogens with zero attached hydrogens (tertiary/aromatic N) is 1. The van der Waals surface area contributed by atoms with E-state index in [0.717, 1.165) is 29.7 Å². The summed E-state index contributed by atoms with van der Waals surface area (Å²) in [5.41, 5.74) is 5.62. The van der Waals surface area contributed by atoms with Gasteiger partial charge in [0.15, 0.2) is 0 Å². The molecule has 0 saturated carbocycles. The van der Waals surface area contributed by atoms with E-state index in [0.29, 0.717) is 18.9 Å². The minimum absolute atomic E-state index is 0.0176. The monoisotopic (exact) mass is 547 g/mol. The van der Waals surface area contributed by atoms with E-state index in [2.05, 4.69) is 4.72 Å². The van der Waals surface area contributed by atoms with Crippen molar-refractivity contribution >= 4 is 21.6 Å². The van der Waals surface area contributed by atoms with E-state index >= 15 is 0 Å². The highest BCUT2D eigenvalue weighted by atomic mass is 32.2. The van der Waals surface area contributed by atoms with E-state index in [1.165, 1.54) is 24.3 Å². The van der Waals surface area contributed by atoms with Crippen LogP contribution in [0.5, 0.6) is 0 Å². The van der Waals surface area contributed by atoms with Crippen molar-refractivity contribution in [3.63, 3.8) is 0 Å². The SMILES string of the molecule is NC(=O)CC(NS(=O)(=O)c1ccc(C2CCCc3ccccc32)c(C(F)(F)F)c1)c1cccc([N+](=O)[O-])c1. The molecule has 8 nitrogen and oxygen atoms in total. The summed E-state index contributed by atoms with van der Waals surface area (Å²) in [5, 5.41) is 11.1. The molecule has 3 aromatic carbocycles. The zero-order valence-corrected chi connectivity index (χ0v) is 20.8. The second-order valence-corrected chi connectivity index (χ2v) is 10.8. The van der Waals surface area contributed by atoms with Crippen molar-refractivity contribution in [2.24, 2.45) is 5.73 Å². The molecule has 0 spiro atoms. The number of carbonyl (C=O) groups is 1. The molecule has 0 aliphatic heterocycles. The Morgan fingerprint density at radius 3 is 2.50 bits per heavy atom. The number of hydrogen-bond donors (Lipinski definition) is 2. The summed E-state index contributed by atoms with van der Waals surface area (Å²) in [6, 6.07) is 13.7. The van der Waals surface area contributed by atoms with Crippen LogP contribution in [-0.4, -0.2) is 19.2 Å². The van der Waals surface area contributed by atoms with Gasteiger partial charge in [-0.25, -0.2) is 13.1 Å². The van der Waals surface area contributed by atoms with Gasteiger partial charge in [0.05, 0.1) is 21.4 Å². The molecule has 2 unspecified atom stereocenters. The summed E-state index contributed by atoms with van der Waals surface area (Å²) >= 11 is 0. The van der Waals surface area contributed by atoms with Crippen molar-refractivity contribution in [2.75, 3.05) is 0 Å². The number of non-ortho nitro benzene ring substituents is 1. The Hall–Kier alpha value is -3.77. The number of hydrogen-bond acceptors (Lipinski definition) is 5. The molecular weight excluding hydrogens is 523 g/mol. The first-order valence-electron chi connectivity index (χ1n) is 11.7. The lowest BCUT2D eigenvalue weighted by Gasteiger charge is -2.28. The summed E-state index contributed by atoms with van der Waals surface area (Å²) in [4.78, 5) is 21.4. The molecule has 0 saturated heterocycles. The molecule has 38 heavy (non-hydrogen) atoms. The minimum atomic E-state index is -4.83. The van der Waals surface area contributed by atoms with Gasteiger partial charge in [0.2, 0.25) is 15.9 Å². The van der Waals surface area contributed by atoms with E-state index < -0.39 is 55.9 Å². The van der Waals surface area contributed by atoms with Crippen LogP contribution in [0.4, 0.5) is 18.9 Å². The lowest BCUT2D eigenvalue weighted by Crippen LogP contribution is -2.32. The largest absolute Gasteiger partial charge is 0.416 e. The molecule has 200 valence electrons. The van der Waals surface area contributed by atoms with Crippen LogP contribution in [0.1, 0.15) is 59.0 Å². The first-order chi connectivity index (χ1) is 17.9. The average Bonchev–Trinajstić information content (AvgIpc) is 2.87. The Morgan fingerprint density at radius 1 is 1.08 bits per heavy atom. The van der Waals surface area contributed by atoms with Gasteiger partial charge in [0.25, 0.3) is 5.69 Å². The molecule has 1 aliphatic rings. The van der Waals surface area contributed by atoms with Crippen LogP contribution in [0.3, 0.4) is 0 Å². The molecular formula is C26H24F3N3O5S. The minimum Gasteiger partial charge on any atom is -0.370 e. The van der Waals surface area contributed by atoms with Crippen molar-refractivity contribution < 1.29 is 31.3 Å². The number of aryl methyl sites for hydroxylation is 1. The number of fused-ring (bicyclic) bond motifs is 1. The molecule has 4 rings (SSSR count). The van der Waals surface area contributed by atoms with Gasteiger partial charge >= 0.3 is 6.18 Å². The predicted octanol–water partition coefficient (Wildman–Crippen LogP) is 4.98. The molecule has 0 fully saturated rings. The first kappa shape index (κ1) is 27.3. The third kappa shape index (κ3) is 5.86. The maximum Gasteiger partial charge on any atom is 0.416 e. The summed E-state index contributed by atoms with van der Waals surface area (Å²) in [6.07, 6.45) is -3.47. The maximum atomic E-state index is 14.2. The zero-order chi connectivity index (χ0) is 27.7. The number of amides is 1. The average molecular weight is 548 g/mol. The molecule has 0 aromatic heterocycles. The van der Waals surface area contributed by atoms with Crippen LogP contribution in [0.25, 0.3) is 0 Å². The highest BCUT2D eigenvalue weighted by Gasteiger charge is 2.38. The van der Waals surface area contributed by atoms with Crippen molar-refractivity contribution in [1.82, 2.24) is 4.72 Å². The first-order valence-corrected chi connectivity index (χ1v) is 13.2. The van der Waals surface area contributed by atoms with Gasteiger partial charge in [-0.3, -0.25) is 14.9 Å². The van der Waals surface area contributed by atoms with Crippen LogP contribution in [0, 0.1) is 10.1 Å². The van der Waals surface area contributed by atoms with E-state index in [9.17, 15) is 36.5 Å². The van der Waals surface area contributed by atoms with Crippen LogP contribution < -0.4 is 10.5 Å². The normalized spacial score (nSPS) is 16.4. The molecule has 0 radical (unpaired) electrons. The van der Waals surface area contributed by atoms with Crippen LogP contribution in [0.2, 0.25) is 0 Å². The van der Waals surface area contributed by atoms with Gasteiger partial charge in [-0.2, -0.15) is 13.2 Å². The summed E-state index contributed by atoms with van der Waals surface area (Å²) in [6.45, 7) is 0. The van der Waals surface area contributed by atoms with E-state index in [1.807, 2.05) is 12.1 Å².